The summed E-state index contributed by atoms with van der Waals surface area (Å²) in [7, 11) is 0. The fraction of sp³-hybridized carbons (Fsp3) is 0.250. The van der Waals surface area contributed by atoms with E-state index in [0.717, 1.165) is 9.80 Å². The zero-order chi connectivity index (χ0) is 26.2. The quantitative estimate of drug-likeness (QED) is 0.247. The normalized spacial score (nSPS) is 15.4. The van der Waals surface area contributed by atoms with Gasteiger partial charge in [-0.05, 0) is 24.3 Å². The van der Waals surface area contributed by atoms with Gasteiger partial charge in [-0.25, -0.2) is 0 Å². The molecule has 0 saturated carbocycles. The number of hydrogen-bond acceptors (Lipinski definition) is 7. The number of carbonyl (C=O) groups is 6. The number of carboxylic acids is 1. The van der Waals surface area contributed by atoms with Gasteiger partial charge in [-0.15, -0.1) is 0 Å². The Kier molecular flexibility index (Phi) is 11.4. The average molecular weight is 723 g/mol. The molecule has 2 atom stereocenters. The second kappa shape index (κ2) is 14.0. The smallest absolute Gasteiger partial charge is 0.305 e. The molecule has 0 spiro atoms. The molecular weight excluding hydrogens is 699 g/mol. The Balaban J connectivity index is 0.00000481. The predicted molar refractivity (Wildman–Crippen MR) is 126 cm³/mol. The van der Waals surface area contributed by atoms with Crippen molar-refractivity contribution < 1.29 is 83.0 Å². The molecule has 0 unspecified atom stereocenters. The van der Waals surface area contributed by atoms with Crippen LogP contribution in [0.5, 0.6) is 0 Å². The van der Waals surface area contributed by atoms with Crippen molar-refractivity contribution in [3.63, 3.8) is 0 Å². The Bertz CT molecular complexity index is 1180. The Morgan fingerprint density at radius 1 is 1.03 bits per heavy atom. The number of nitrogens with zero attached hydrogens (tertiary/aromatic N) is 2. The number of nitrogens with one attached hydrogen (secondary N) is 2. The SMILES string of the molecule is O=C[C@H](CC(=O)O)NC(=O)CN1C(=O)[C@@H](NC(=O)c2ccccc2)CN(C(=O)CO)c2ccccc21.[Ac]. The molecule has 3 rings (SSSR count). The first kappa shape index (κ1) is 30.1. The maximum atomic E-state index is 13.6. The largest absolute Gasteiger partial charge is 0.481 e. The van der Waals surface area contributed by atoms with E-state index >= 15 is 0 Å². The van der Waals surface area contributed by atoms with Crippen LogP contribution in [0.25, 0.3) is 0 Å². The number of aliphatic hydroxyl groups is 1. The monoisotopic (exact) mass is 723 g/mol. The van der Waals surface area contributed by atoms with Crippen LogP contribution in [-0.4, -0.2) is 77.9 Å². The van der Waals surface area contributed by atoms with E-state index in [9.17, 15) is 33.9 Å². The molecule has 2 aromatic carbocycles. The number of amides is 4. The summed E-state index contributed by atoms with van der Waals surface area (Å²) in [6.07, 6.45) is -0.372. The van der Waals surface area contributed by atoms with Crippen molar-refractivity contribution in [1.29, 1.82) is 0 Å². The van der Waals surface area contributed by atoms with Crippen molar-refractivity contribution in [2.24, 2.45) is 0 Å². The number of hydrogen-bond donors (Lipinski definition) is 4. The number of aliphatic hydroxyl groups excluding tert-OH is 1. The summed E-state index contributed by atoms with van der Waals surface area (Å²) >= 11 is 0. The van der Waals surface area contributed by atoms with Crippen LogP contribution in [0.15, 0.2) is 54.6 Å². The molecule has 1 heterocycles. The number of anilines is 2. The maximum absolute atomic E-state index is 13.6. The Hall–Kier alpha value is -3.14. The molecule has 37 heavy (non-hydrogen) atoms. The van der Waals surface area contributed by atoms with E-state index in [0.29, 0.717) is 0 Å². The van der Waals surface area contributed by atoms with Gasteiger partial charge in [-0.1, -0.05) is 30.3 Å². The molecular formula is C24H24AcN4O8. The zero-order valence-corrected chi connectivity index (χ0v) is 24.3. The molecule has 1 aliphatic heterocycles. The van der Waals surface area contributed by atoms with Crippen LogP contribution in [-0.2, 0) is 24.0 Å². The number of aliphatic carboxylic acids is 1. The first-order valence-corrected chi connectivity index (χ1v) is 10.9. The Labute approximate surface area is 247 Å². The van der Waals surface area contributed by atoms with Crippen LogP contribution in [0, 0.1) is 44.1 Å². The second-order valence-electron chi connectivity index (χ2n) is 7.88. The van der Waals surface area contributed by atoms with E-state index in [2.05, 4.69) is 10.6 Å². The van der Waals surface area contributed by atoms with E-state index in [-0.39, 0.29) is 73.8 Å². The molecule has 12 nitrogen and oxygen atoms in total. The van der Waals surface area contributed by atoms with Gasteiger partial charge in [0.1, 0.15) is 25.5 Å². The van der Waals surface area contributed by atoms with Gasteiger partial charge in [0.15, 0.2) is 0 Å². The zero-order valence-electron chi connectivity index (χ0n) is 19.6. The van der Waals surface area contributed by atoms with Gasteiger partial charge in [-0.2, -0.15) is 0 Å². The van der Waals surface area contributed by atoms with Crippen LogP contribution in [0.3, 0.4) is 0 Å². The van der Waals surface area contributed by atoms with Gasteiger partial charge < -0.3 is 30.5 Å². The Morgan fingerprint density at radius 2 is 1.65 bits per heavy atom. The van der Waals surface area contributed by atoms with E-state index in [1.165, 1.54) is 24.3 Å². The van der Waals surface area contributed by atoms with Crippen LogP contribution >= 0.6 is 0 Å². The van der Waals surface area contributed by atoms with Crippen molar-refractivity contribution in [1.82, 2.24) is 10.6 Å². The van der Waals surface area contributed by atoms with Crippen molar-refractivity contribution >= 4 is 47.3 Å². The van der Waals surface area contributed by atoms with Crippen LogP contribution in [0.1, 0.15) is 16.8 Å². The fourth-order valence-electron chi connectivity index (χ4n) is 3.73. The third kappa shape index (κ3) is 7.67. The number of rotatable bonds is 9. The predicted octanol–water partition coefficient (Wildman–Crippen LogP) is -0.684. The van der Waals surface area contributed by atoms with Crippen molar-refractivity contribution in [3.05, 3.63) is 60.2 Å². The van der Waals surface area contributed by atoms with E-state index in [1.54, 1.807) is 30.3 Å². The standard InChI is InChI=1S/C24H24N4O8.Ac/c29-13-16(10-22(33)34)25-20(31)12-28-19-9-5-4-8-18(19)27(21(32)14-30)11-17(24(28)36)26-23(35)15-6-2-1-3-7-15;/h1-9,13,16-17,30H,10-12,14H2,(H,25,31)(H,26,35)(H,33,34);/t16-,17-;/m0./s1. The minimum absolute atomic E-state index is 0. The maximum Gasteiger partial charge on any atom is 0.305 e. The molecule has 4 amide bonds. The van der Waals surface area contributed by atoms with Gasteiger partial charge in [-0.3, -0.25) is 28.9 Å². The molecule has 1 radical (unpaired) electrons. The van der Waals surface area contributed by atoms with E-state index in [4.69, 9.17) is 5.11 Å². The van der Waals surface area contributed by atoms with Crippen LogP contribution < -0.4 is 20.4 Å². The summed E-state index contributed by atoms with van der Waals surface area (Å²) in [4.78, 5) is 75.9. The number of para-hydroxylation sites is 2. The second-order valence-corrected chi connectivity index (χ2v) is 7.88. The molecule has 191 valence electrons. The topological polar surface area (TPSA) is 173 Å². The summed E-state index contributed by atoms with van der Waals surface area (Å²) in [5, 5.41) is 23.2. The van der Waals surface area contributed by atoms with Gasteiger partial charge in [0, 0.05) is 49.6 Å². The number of carbonyl (C=O) groups excluding carboxylic acids is 5. The summed E-state index contributed by atoms with van der Waals surface area (Å²) in [5.74, 6) is -4.18. The molecule has 0 aliphatic carbocycles. The van der Waals surface area contributed by atoms with Gasteiger partial charge >= 0.3 is 5.97 Å². The Morgan fingerprint density at radius 3 is 2.24 bits per heavy atom. The molecule has 0 bridgehead atoms. The molecule has 2 aromatic rings. The van der Waals surface area contributed by atoms with Crippen LogP contribution in [0.4, 0.5) is 11.4 Å². The van der Waals surface area contributed by atoms with Crippen LogP contribution in [0.2, 0.25) is 0 Å². The van der Waals surface area contributed by atoms with Crippen molar-refractivity contribution in [2.45, 2.75) is 18.5 Å². The van der Waals surface area contributed by atoms with Gasteiger partial charge in [0.05, 0.1) is 30.4 Å². The first-order chi connectivity index (χ1) is 17.2. The molecule has 13 heteroatoms. The van der Waals surface area contributed by atoms with Gasteiger partial charge in [0.2, 0.25) is 5.91 Å². The molecule has 1 aliphatic rings. The number of benzene rings is 2. The summed E-state index contributed by atoms with van der Waals surface area (Å²) < 4.78 is 0. The summed E-state index contributed by atoms with van der Waals surface area (Å²) in [5.41, 5.74) is 0.627. The summed E-state index contributed by atoms with van der Waals surface area (Å²) in [6.45, 7) is -1.81. The van der Waals surface area contributed by atoms with Gasteiger partial charge in [0.25, 0.3) is 17.7 Å². The number of fused-ring (bicyclic) bond motifs is 1. The van der Waals surface area contributed by atoms with Crippen molar-refractivity contribution in [3.8, 4) is 0 Å². The average Bonchev–Trinajstić information content (AvgIpc) is 2.98. The molecule has 0 saturated heterocycles. The third-order valence-electron chi connectivity index (χ3n) is 5.38. The first-order valence-electron chi connectivity index (χ1n) is 10.9. The number of aldehydes is 1. The van der Waals surface area contributed by atoms with Crippen molar-refractivity contribution in [2.75, 3.05) is 29.5 Å². The summed E-state index contributed by atoms with van der Waals surface area (Å²) in [6, 6.07) is 11.6. The minimum atomic E-state index is -1.31. The fourth-order valence-corrected chi connectivity index (χ4v) is 3.73. The molecule has 4 N–H and O–H groups in total. The molecule has 0 fully saturated rings. The number of carboxylic acid groups (broad SMARTS) is 1. The molecule has 0 aromatic heterocycles. The minimum Gasteiger partial charge on any atom is -0.481 e. The van der Waals surface area contributed by atoms with E-state index in [1.807, 2.05) is 0 Å². The van der Waals surface area contributed by atoms with E-state index < -0.39 is 61.3 Å². The third-order valence-corrected chi connectivity index (χ3v) is 5.38.